The van der Waals surface area contributed by atoms with Gasteiger partial charge in [0.25, 0.3) is 0 Å². The largest absolute Gasteiger partial charge is 0.397 e. The van der Waals surface area contributed by atoms with Crippen LogP contribution in [0.5, 0.6) is 0 Å². The van der Waals surface area contributed by atoms with E-state index in [0.717, 1.165) is 0 Å². The maximum atomic E-state index is 6.42. The molecule has 1 heterocycles. The van der Waals surface area contributed by atoms with Gasteiger partial charge in [-0.25, -0.2) is 0 Å². The number of hydrogen-bond acceptors (Lipinski definition) is 2. The summed E-state index contributed by atoms with van der Waals surface area (Å²) in [6.45, 7) is 0. The second kappa shape index (κ2) is 9.03. The lowest BCUT2D eigenvalue weighted by Crippen LogP contribution is -1.98. The molecule has 3 rings (SSSR count). The molecule has 0 unspecified atom stereocenters. The van der Waals surface area contributed by atoms with E-state index in [4.69, 9.17) is 122 Å². The third-order valence-corrected chi connectivity index (χ3v) is 8.39. The van der Waals surface area contributed by atoms with Crippen molar-refractivity contribution >= 4 is 122 Å². The molecule has 152 valence electrons. The monoisotopic (exact) mass is 586 g/mol. The summed E-state index contributed by atoms with van der Waals surface area (Å²) in [5.41, 5.74) is 7.16. The Bertz CT molecular complexity index is 1120. The summed E-state index contributed by atoms with van der Waals surface area (Å²) in [5.74, 6) is 0. The SMILES string of the molecule is Nc1cnc(-c2c(Cl)c(Cl)c(Cl)c(Cl)c2Cl)c(-c2c(Cl)c(Cl)c(Cl)c(Cl)c2Cl)c1. The van der Waals surface area contributed by atoms with Crippen LogP contribution in [0.3, 0.4) is 0 Å². The predicted molar refractivity (Wildman–Crippen MR) is 130 cm³/mol. The van der Waals surface area contributed by atoms with E-state index in [-0.39, 0.29) is 72.7 Å². The van der Waals surface area contributed by atoms with Crippen LogP contribution in [0.25, 0.3) is 22.4 Å². The van der Waals surface area contributed by atoms with E-state index in [1.165, 1.54) is 6.20 Å². The molecule has 0 amide bonds. The van der Waals surface area contributed by atoms with Crippen LogP contribution in [0.4, 0.5) is 5.69 Å². The number of rotatable bonds is 2. The molecule has 0 spiro atoms. The molecule has 2 N–H and O–H groups in total. The lowest BCUT2D eigenvalue weighted by Gasteiger charge is -2.18. The fourth-order valence-electron chi connectivity index (χ4n) is 2.52. The molecule has 0 atom stereocenters. The van der Waals surface area contributed by atoms with Gasteiger partial charge >= 0.3 is 0 Å². The minimum Gasteiger partial charge on any atom is -0.397 e. The van der Waals surface area contributed by atoms with E-state index in [1.807, 2.05) is 0 Å². The minimum absolute atomic E-state index is 0.000794. The van der Waals surface area contributed by atoms with E-state index >= 15 is 0 Å². The number of aromatic nitrogens is 1. The third-order valence-electron chi connectivity index (χ3n) is 3.83. The van der Waals surface area contributed by atoms with E-state index in [9.17, 15) is 0 Å². The van der Waals surface area contributed by atoms with Crippen LogP contribution in [0, 0.1) is 0 Å². The number of halogens is 10. The fourth-order valence-corrected chi connectivity index (χ4v) is 5.18. The molecule has 29 heavy (non-hydrogen) atoms. The van der Waals surface area contributed by atoms with Crippen LogP contribution < -0.4 is 5.73 Å². The summed E-state index contributed by atoms with van der Waals surface area (Å²) in [4.78, 5) is 4.33. The quantitative estimate of drug-likeness (QED) is 0.238. The number of nitrogen functional groups attached to an aromatic ring is 1. The number of nitrogens with zero attached hydrogens (tertiary/aromatic N) is 1. The molecule has 1 aromatic heterocycles. The average molecular weight is 591 g/mol. The summed E-state index contributed by atoms with van der Waals surface area (Å²) >= 11 is 62.6. The smallest absolute Gasteiger partial charge is 0.0814 e. The van der Waals surface area contributed by atoms with Gasteiger partial charge in [0.1, 0.15) is 0 Å². The van der Waals surface area contributed by atoms with Gasteiger partial charge in [-0.3, -0.25) is 4.98 Å². The molecular formula is C17H4Cl10N2. The first-order valence-electron chi connectivity index (χ1n) is 7.28. The van der Waals surface area contributed by atoms with Crippen LogP contribution in [-0.2, 0) is 0 Å². The maximum absolute atomic E-state index is 6.42. The Balaban J connectivity index is 2.50. The van der Waals surface area contributed by atoms with Crippen molar-refractivity contribution in [2.75, 3.05) is 5.73 Å². The summed E-state index contributed by atoms with van der Waals surface area (Å²) in [6.07, 6.45) is 1.38. The Morgan fingerprint density at radius 3 is 1.28 bits per heavy atom. The van der Waals surface area contributed by atoms with E-state index in [2.05, 4.69) is 4.98 Å². The first-order chi connectivity index (χ1) is 13.5. The molecule has 0 bridgehead atoms. The molecular weight excluding hydrogens is 587 g/mol. The van der Waals surface area contributed by atoms with Gasteiger partial charge in [0.15, 0.2) is 0 Å². The number of benzene rings is 2. The first kappa shape index (κ1) is 23.9. The third kappa shape index (κ3) is 4.07. The Morgan fingerprint density at radius 1 is 0.517 bits per heavy atom. The van der Waals surface area contributed by atoms with E-state index in [1.54, 1.807) is 6.07 Å². The Hall–Kier alpha value is 0.290. The van der Waals surface area contributed by atoms with Crippen molar-refractivity contribution in [2.45, 2.75) is 0 Å². The lowest BCUT2D eigenvalue weighted by molar-refractivity contribution is 1.33. The maximum Gasteiger partial charge on any atom is 0.0814 e. The van der Waals surface area contributed by atoms with Gasteiger partial charge < -0.3 is 5.73 Å². The first-order valence-corrected chi connectivity index (χ1v) is 11.1. The number of hydrogen-bond donors (Lipinski definition) is 1. The number of nitrogens with two attached hydrogens (primary N) is 1. The summed E-state index contributed by atoms with van der Waals surface area (Å²) in [7, 11) is 0. The van der Waals surface area contributed by atoms with Gasteiger partial charge in [0, 0.05) is 16.7 Å². The second-order valence-electron chi connectivity index (χ2n) is 5.55. The highest BCUT2D eigenvalue weighted by atomic mass is 35.5. The molecule has 0 aliphatic carbocycles. The topological polar surface area (TPSA) is 38.9 Å². The summed E-state index contributed by atoms with van der Waals surface area (Å²) in [6, 6.07) is 1.54. The van der Waals surface area contributed by atoms with Gasteiger partial charge in [0.2, 0.25) is 0 Å². The number of anilines is 1. The Morgan fingerprint density at radius 2 is 0.862 bits per heavy atom. The molecule has 0 aliphatic rings. The highest BCUT2D eigenvalue weighted by molar-refractivity contribution is 6.58. The molecule has 2 nitrogen and oxygen atoms in total. The van der Waals surface area contributed by atoms with Crippen molar-refractivity contribution in [3.8, 4) is 22.4 Å². The lowest BCUT2D eigenvalue weighted by atomic mass is 9.98. The van der Waals surface area contributed by atoms with Crippen molar-refractivity contribution < 1.29 is 0 Å². The van der Waals surface area contributed by atoms with Crippen LogP contribution >= 0.6 is 116 Å². The van der Waals surface area contributed by atoms with Crippen molar-refractivity contribution in [3.05, 3.63) is 62.5 Å². The normalized spacial score (nSPS) is 11.2. The van der Waals surface area contributed by atoms with Crippen LogP contribution in [0.2, 0.25) is 50.2 Å². The zero-order valence-electron chi connectivity index (χ0n) is 13.5. The van der Waals surface area contributed by atoms with Gasteiger partial charge in [0.05, 0.1) is 67.8 Å². The van der Waals surface area contributed by atoms with E-state index < -0.39 is 0 Å². The van der Waals surface area contributed by atoms with Gasteiger partial charge in [-0.15, -0.1) is 0 Å². The predicted octanol–water partition coefficient (Wildman–Crippen LogP) is 10.5. The van der Waals surface area contributed by atoms with Gasteiger partial charge in [-0.2, -0.15) is 0 Å². The Labute approximate surface area is 215 Å². The molecule has 2 aromatic carbocycles. The molecule has 0 fully saturated rings. The molecule has 3 aromatic rings. The zero-order chi connectivity index (χ0) is 21.8. The van der Waals surface area contributed by atoms with Gasteiger partial charge in [-0.05, 0) is 6.07 Å². The highest BCUT2D eigenvalue weighted by Crippen LogP contribution is 2.53. The second-order valence-corrected chi connectivity index (χ2v) is 9.33. The molecule has 12 heteroatoms. The minimum atomic E-state index is -0.00771. The zero-order valence-corrected chi connectivity index (χ0v) is 21.0. The van der Waals surface area contributed by atoms with Crippen LogP contribution in [-0.4, -0.2) is 4.98 Å². The van der Waals surface area contributed by atoms with Crippen molar-refractivity contribution in [2.24, 2.45) is 0 Å². The highest BCUT2D eigenvalue weighted by Gasteiger charge is 2.27. The Kier molecular flexibility index (Phi) is 7.46. The molecule has 0 saturated carbocycles. The van der Waals surface area contributed by atoms with Crippen LogP contribution in [0.1, 0.15) is 0 Å². The number of pyridine rings is 1. The molecule has 0 saturated heterocycles. The summed E-state index contributed by atoms with van der Waals surface area (Å²) in [5, 5.41) is 0.0587. The van der Waals surface area contributed by atoms with E-state index in [0.29, 0.717) is 5.56 Å². The standard InChI is InChI=1S/C17H4Cl10N2/c18-7-5(8(19)12(23)15(26)11(7)22)4-1-3(28)2-29-17(4)6-9(20)13(24)16(27)14(25)10(6)21/h1-2H,28H2. The van der Waals surface area contributed by atoms with Crippen molar-refractivity contribution in [1.82, 2.24) is 4.98 Å². The average Bonchev–Trinajstić information content (AvgIpc) is 2.69. The van der Waals surface area contributed by atoms with Gasteiger partial charge in [-0.1, -0.05) is 116 Å². The molecule has 0 radical (unpaired) electrons. The molecule has 0 aliphatic heterocycles. The fraction of sp³-hybridized carbons (Fsp3) is 0. The summed E-state index contributed by atoms with van der Waals surface area (Å²) < 4.78 is 0. The van der Waals surface area contributed by atoms with Crippen molar-refractivity contribution in [3.63, 3.8) is 0 Å². The van der Waals surface area contributed by atoms with Crippen molar-refractivity contribution in [1.29, 1.82) is 0 Å². The van der Waals surface area contributed by atoms with Crippen LogP contribution in [0.15, 0.2) is 12.3 Å².